The largest absolute Gasteiger partial charge is 0.324 e. The molecule has 0 aliphatic heterocycles. The minimum atomic E-state index is -4.01. The predicted octanol–water partition coefficient (Wildman–Crippen LogP) is 4.06. The standard InChI is InChI=1S/C19H15BrClN3O4S2/c1-11-2-7-15(14(21)8-11)23-17(25)10-29-19-22-9-16(18(26)24-19)30(27,28)13-5-3-12(20)4-6-13/h2-9H,10H2,1H3,(H,23,25)(H,22,24,26). The van der Waals surface area contributed by atoms with E-state index in [4.69, 9.17) is 11.6 Å². The van der Waals surface area contributed by atoms with Gasteiger partial charge >= 0.3 is 0 Å². The van der Waals surface area contributed by atoms with Crippen molar-refractivity contribution < 1.29 is 13.2 Å². The molecule has 11 heteroatoms. The van der Waals surface area contributed by atoms with Crippen LogP contribution in [0.25, 0.3) is 0 Å². The molecule has 7 nitrogen and oxygen atoms in total. The average molecular weight is 529 g/mol. The van der Waals surface area contributed by atoms with Crippen molar-refractivity contribution in [3.05, 3.63) is 74.1 Å². The second-order valence-corrected chi connectivity index (χ2v) is 10.4. The summed E-state index contributed by atoms with van der Waals surface area (Å²) < 4.78 is 26.0. The molecule has 1 heterocycles. The fourth-order valence-electron chi connectivity index (χ4n) is 2.41. The van der Waals surface area contributed by atoms with Crippen molar-refractivity contribution in [2.75, 3.05) is 11.1 Å². The van der Waals surface area contributed by atoms with Crippen molar-refractivity contribution in [2.24, 2.45) is 0 Å². The van der Waals surface area contributed by atoms with Gasteiger partial charge in [-0.3, -0.25) is 9.59 Å². The summed E-state index contributed by atoms with van der Waals surface area (Å²) in [7, 11) is -4.01. The van der Waals surface area contributed by atoms with Crippen LogP contribution in [0.3, 0.4) is 0 Å². The van der Waals surface area contributed by atoms with Gasteiger partial charge in [-0.1, -0.05) is 45.4 Å². The Hall–Kier alpha value is -2.14. The van der Waals surface area contributed by atoms with Gasteiger partial charge in [0.2, 0.25) is 15.7 Å². The molecule has 0 atom stereocenters. The first-order chi connectivity index (χ1) is 14.2. The van der Waals surface area contributed by atoms with Crippen LogP contribution < -0.4 is 10.9 Å². The van der Waals surface area contributed by atoms with E-state index in [2.05, 4.69) is 31.2 Å². The number of hydrogen-bond acceptors (Lipinski definition) is 6. The number of carbonyl (C=O) groups excluding carboxylic acids is 1. The van der Waals surface area contributed by atoms with Crippen molar-refractivity contribution in [1.82, 2.24) is 9.97 Å². The molecule has 3 rings (SSSR count). The Morgan fingerprint density at radius 3 is 2.57 bits per heavy atom. The molecule has 30 heavy (non-hydrogen) atoms. The maximum absolute atomic E-state index is 12.6. The molecule has 3 aromatic rings. The zero-order valence-corrected chi connectivity index (χ0v) is 19.5. The quantitative estimate of drug-likeness (QED) is 0.369. The molecule has 0 saturated heterocycles. The highest BCUT2D eigenvalue weighted by Gasteiger charge is 2.22. The van der Waals surface area contributed by atoms with Crippen LogP contribution in [-0.2, 0) is 14.6 Å². The van der Waals surface area contributed by atoms with Crippen LogP contribution in [0.15, 0.2) is 72.9 Å². The van der Waals surface area contributed by atoms with E-state index in [-0.39, 0.29) is 21.7 Å². The molecule has 156 valence electrons. The van der Waals surface area contributed by atoms with Crippen LogP contribution in [-0.4, -0.2) is 30.0 Å². The lowest BCUT2D eigenvalue weighted by Gasteiger charge is -2.08. The van der Waals surface area contributed by atoms with Gasteiger partial charge in [0.25, 0.3) is 5.56 Å². The van der Waals surface area contributed by atoms with Crippen molar-refractivity contribution in [3.8, 4) is 0 Å². The fourth-order valence-corrected chi connectivity index (χ4v) is 4.83. The highest BCUT2D eigenvalue weighted by atomic mass is 79.9. The van der Waals surface area contributed by atoms with E-state index in [0.29, 0.717) is 15.2 Å². The van der Waals surface area contributed by atoms with E-state index in [1.165, 1.54) is 12.1 Å². The smallest absolute Gasteiger partial charge is 0.270 e. The number of benzene rings is 2. The van der Waals surface area contributed by atoms with E-state index >= 15 is 0 Å². The van der Waals surface area contributed by atoms with E-state index < -0.39 is 20.3 Å². The summed E-state index contributed by atoms with van der Waals surface area (Å²) in [6.07, 6.45) is 0.993. The fraction of sp³-hybridized carbons (Fsp3) is 0.105. The second kappa shape index (κ2) is 9.34. The third-order valence-corrected chi connectivity index (χ3v) is 7.39. The normalized spacial score (nSPS) is 11.3. The zero-order valence-electron chi connectivity index (χ0n) is 15.5. The van der Waals surface area contributed by atoms with Gasteiger partial charge in [-0.25, -0.2) is 13.4 Å². The summed E-state index contributed by atoms with van der Waals surface area (Å²) in [5, 5.41) is 3.22. The Labute approximate surface area is 190 Å². The minimum absolute atomic E-state index is 0.0206. The number of halogens is 2. The first-order valence-corrected chi connectivity index (χ1v) is 12.1. The van der Waals surface area contributed by atoms with E-state index in [1.807, 2.05) is 13.0 Å². The number of aryl methyl sites for hydroxylation is 1. The lowest BCUT2D eigenvalue weighted by Crippen LogP contribution is -2.20. The third kappa shape index (κ3) is 5.31. The number of amides is 1. The van der Waals surface area contributed by atoms with Gasteiger partial charge < -0.3 is 10.3 Å². The van der Waals surface area contributed by atoms with Gasteiger partial charge in [0.15, 0.2) is 10.1 Å². The van der Waals surface area contributed by atoms with Crippen LogP contribution in [0.1, 0.15) is 5.56 Å². The minimum Gasteiger partial charge on any atom is -0.324 e. The number of nitrogens with zero attached hydrogens (tertiary/aromatic N) is 1. The molecule has 0 spiro atoms. The van der Waals surface area contributed by atoms with E-state index in [9.17, 15) is 18.0 Å². The van der Waals surface area contributed by atoms with Gasteiger partial charge in [-0.15, -0.1) is 0 Å². The van der Waals surface area contributed by atoms with Crippen LogP contribution in [0, 0.1) is 6.92 Å². The Balaban J connectivity index is 1.70. The van der Waals surface area contributed by atoms with Crippen molar-refractivity contribution in [3.63, 3.8) is 0 Å². The van der Waals surface area contributed by atoms with Crippen LogP contribution in [0.2, 0.25) is 5.02 Å². The molecule has 0 radical (unpaired) electrons. The highest BCUT2D eigenvalue weighted by molar-refractivity contribution is 9.10. The van der Waals surface area contributed by atoms with Crippen LogP contribution in [0.4, 0.5) is 5.69 Å². The number of H-pyrrole nitrogens is 1. The first-order valence-electron chi connectivity index (χ1n) is 8.45. The molecule has 2 N–H and O–H groups in total. The first kappa shape index (κ1) is 22.5. The molecule has 1 amide bonds. The van der Waals surface area contributed by atoms with Gasteiger partial charge in [-0.05, 0) is 48.9 Å². The average Bonchev–Trinajstić information content (AvgIpc) is 2.69. The monoisotopic (exact) mass is 527 g/mol. The van der Waals surface area contributed by atoms with Crippen molar-refractivity contribution in [1.29, 1.82) is 0 Å². The molecule has 1 aromatic heterocycles. The SMILES string of the molecule is Cc1ccc(NC(=O)CSc2ncc(S(=O)(=O)c3ccc(Br)cc3)c(=O)[nH]2)c(Cl)c1. The molecule has 0 fully saturated rings. The number of aromatic nitrogens is 2. The van der Waals surface area contributed by atoms with E-state index in [0.717, 1.165) is 23.5 Å². The number of sulfone groups is 1. The van der Waals surface area contributed by atoms with Gasteiger partial charge in [0.05, 0.1) is 27.6 Å². The van der Waals surface area contributed by atoms with Gasteiger partial charge in [0, 0.05) is 4.47 Å². The summed E-state index contributed by atoms with van der Waals surface area (Å²) in [5.41, 5.74) is 0.634. The number of rotatable bonds is 6. The van der Waals surface area contributed by atoms with Crippen LogP contribution in [0.5, 0.6) is 0 Å². The Bertz CT molecular complexity index is 1260. The zero-order chi connectivity index (χ0) is 21.9. The summed E-state index contributed by atoms with van der Waals surface area (Å²) in [6.45, 7) is 1.88. The number of anilines is 1. The molecule has 0 aliphatic carbocycles. The number of thioether (sulfide) groups is 1. The predicted molar refractivity (Wildman–Crippen MR) is 120 cm³/mol. The van der Waals surface area contributed by atoms with Crippen molar-refractivity contribution >= 4 is 60.7 Å². The molecular weight excluding hydrogens is 514 g/mol. The Morgan fingerprint density at radius 2 is 1.93 bits per heavy atom. The molecular formula is C19H15BrClN3O4S2. The Kier molecular flexibility index (Phi) is 7.02. The Morgan fingerprint density at radius 1 is 1.23 bits per heavy atom. The second-order valence-electron chi connectivity index (χ2n) is 6.16. The van der Waals surface area contributed by atoms with Crippen molar-refractivity contribution in [2.45, 2.75) is 21.9 Å². The van der Waals surface area contributed by atoms with Gasteiger partial charge in [0.1, 0.15) is 0 Å². The lowest BCUT2D eigenvalue weighted by atomic mass is 10.2. The number of nitrogens with one attached hydrogen (secondary N) is 2. The maximum Gasteiger partial charge on any atom is 0.270 e. The molecule has 0 unspecified atom stereocenters. The highest BCUT2D eigenvalue weighted by Crippen LogP contribution is 2.24. The van der Waals surface area contributed by atoms with Gasteiger partial charge in [-0.2, -0.15) is 0 Å². The number of carbonyl (C=O) groups is 1. The summed E-state index contributed by atoms with van der Waals surface area (Å²) >= 11 is 10.3. The topological polar surface area (TPSA) is 109 Å². The lowest BCUT2D eigenvalue weighted by molar-refractivity contribution is -0.113. The number of hydrogen-bond donors (Lipinski definition) is 2. The van der Waals surface area contributed by atoms with Crippen LogP contribution >= 0.6 is 39.3 Å². The summed E-state index contributed by atoms with van der Waals surface area (Å²) in [6, 6.07) is 11.2. The molecule has 2 aromatic carbocycles. The molecule has 0 bridgehead atoms. The van der Waals surface area contributed by atoms with E-state index in [1.54, 1.807) is 24.3 Å². The summed E-state index contributed by atoms with van der Waals surface area (Å²) in [5.74, 6) is -0.397. The summed E-state index contributed by atoms with van der Waals surface area (Å²) in [4.78, 5) is 30.3. The molecule has 0 saturated carbocycles. The number of aromatic amines is 1. The molecule has 0 aliphatic rings. The maximum atomic E-state index is 12.6. The third-order valence-electron chi connectivity index (χ3n) is 3.90.